The quantitative estimate of drug-likeness (QED) is 0.922. The molecule has 1 aliphatic carbocycles. The third-order valence-corrected chi connectivity index (χ3v) is 4.81. The first-order valence-electron chi connectivity index (χ1n) is 6.48. The standard InChI is InChI=1S/C16H19NO2S/c1-4-13-8-10-14(11-9-13)20(18,19)17-15-7-5-6-12-16(15,2)3/h4-11,17H,1,12H2,2-3H3. The smallest absolute Gasteiger partial charge is 0.261 e. The van der Waals surface area contributed by atoms with Gasteiger partial charge < -0.3 is 0 Å². The zero-order valence-corrected chi connectivity index (χ0v) is 12.6. The van der Waals surface area contributed by atoms with E-state index in [0.717, 1.165) is 12.0 Å². The molecule has 0 fully saturated rings. The van der Waals surface area contributed by atoms with Gasteiger partial charge in [0.15, 0.2) is 0 Å². The molecule has 1 aliphatic rings. The van der Waals surface area contributed by atoms with Crippen molar-refractivity contribution in [1.29, 1.82) is 0 Å². The Morgan fingerprint density at radius 2 is 1.90 bits per heavy atom. The van der Waals surface area contributed by atoms with Crippen molar-refractivity contribution in [3.8, 4) is 0 Å². The van der Waals surface area contributed by atoms with Gasteiger partial charge in [0, 0.05) is 11.1 Å². The molecule has 0 amide bonds. The van der Waals surface area contributed by atoms with Gasteiger partial charge in [-0.1, -0.05) is 50.8 Å². The van der Waals surface area contributed by atoms with E-state index in [1.54, 1.807) is 30.3 Å². The summed E-state index contributed by atoms with van der Waals surface area (Å²) in [7, 11) is -3.54. The van der Waals surface area contributed by atoms with Crippen molar-refractivity contribution >= 4 is 16.1 Å². The largest absolute Gasteiger partial charge is 0.283 e. The van der Waals surface area contributed by atoms with Crippen molar-refractivity contribution in [2.45, 2.75) is 25.2 Å². The van der Waals surface area contributed by atoms with Crippen molar-refractivity contribution in [2.24, 2.45) is 5.41 Å². The number of rotatable bonds is 4. The van der Waals surface area contributed by atoms with Crippen LogP contribution in [0, 0.1) is 5.41 Å². The number of allylic oxidation sites excluding steroid dienone is 4. The molecule has 106 valence electrons. The molecule has 2 rings (SSSR count). The predicted octanol–water partition coefficient (Wildman–Crippen LogP) is 3.48. The normalized spacial score (nSPS) is 17.4. The topological polar surface area (TPSA) is 46.2 Å². The van der Waals surface area contributed by atoms with E-state index in [1.807, 2.05) is 32.1 Å². The molecule has 20 heavy (non-hydrogen) atoms. The van der Waals surface area contributed by atoms with Gasteiger partial charge in [-0.15, -0.1) is 0 Å². The van der Waals surface area contributed by atoms with E-state index in [0.29, 0.717) is 5.70 Å². The third-order valence-electron chi connectivity index (χ3n) is 3.43. The second-order valence-electron chi connectivity index (χ2n) is 5.48. The van der Waals surface area contributed by atoms with E-state index < -0.39 is 10.0 Å². The lowest BCUT2D eigenvalue weighted by Gasteiger charge is -2.29. The fourth-order valence-corrected chi connectivity index (χ4v) is 3.27. The Balaban J connectivity index is 2.29. The fourth-order valence-electron chi connectivity index (χ4n) is 2.02. The molecule has 0 radical (unpaired) electrons. The van der Waals surface area contributed by atoms with Crippen molar-refractivity contribution in [3.63, 3.8) is 0 Å². The molecule has 0 heterocycles. The van der Waals surface area contributed by atoms with E-state index in [9.17, 15) is 8.42 Å². The maximum atomic E-state index is 12.4. The summed E-state index contributed by atoms with van der Waals surface area (Å²) < 4.78 is 27.5. The Kier molecular flexibility index (Phi) is 3.86. The minimum Gasteiger partial charge on any atom is -0.283 e. The summed E-state index contributed by atoms with van der Waals surface area (Å²) in [6.07, 6.45) is 8.23. The maximum Gasteiger partial charge on any atom is 0.261 e. The van der Waals surface area contributed by atoms with Crippen LogP contribution in [0.5, 0.6) is 0 Å². The summed E-state index contributed by atoms with van der Waals surface area (Å²) >= 11 is 0. The summed E-state index contributed by atoms with van der Waals surface area (Å²) in [6, 6.07) is 6.65. The number of hydrogen-bond acceptors (Lipinski definition) is 2. The van der Waals surface area contributed by atoms with Gasteiger partial charge in [0.25, 0.3) is 10.0 Å². The molecule has 0 bridgehead atoms. The first-order valence-corrected chi connectivity index (χ1v) is 7.96. The monoisotopic (exact) mass is 289 g/mol. The average Bonchev–Trinajstić information content (AvgIpc) is 2.41. The molecular formula is C16H19NO2S. The molecule has 1 aromatic rings. The maximum absolute atomic E-state index is 12.4. The van der Waals surface area contributed by atoms with Crippen LogP contribution in [0.3, 0.4) is 0 Å². The van der Waals surface area contributed by atoms with Crippen LogP contribution in [-0.4, -0.2) is 8.42 Å². The van der Waals surface area contributed by atoms with Crippen LogP contribution in [0.15, 0.2) is 59.7 Å². The summed E-state index contributed by atoms with van der Waals surface area (Å²) in [4.78, 5) is 0.259. The fraction of sp³-hybridized carbons (Fsp3) is 0.250. The summed E-state index contributed by atoms with van der Waals surface area (Å²) in [5, 5.41) is 0. The molecule has 4 heteroatoms. The minimum absolute atomic E-state index is 0.205. The molecule has 0 spiro atoms. The van der Waals surface area contributed by atoms with Gasteiger partial charge in [0.2, 0.25) is 0 Å². The Morgan fingerprint density at radius 3 is 2.45 bits per heavy atom. The first-order chi connectivity index (χ1) is 9.35. The predicted molar refractivity (Wildman–Crippen MR) is 82.5 cm³/mol. The van der Waals surface area contributed by atoms with Crippen LogP contribution in [-0.2, 0) is 10.0 Å². The van der Waals surface area contributed by atoms with Crippen LogP contribution < -0.4 is 4.72 Å². The van der Waals surface area contributed by atoms with Crippen molar-refractivity contribution < 1.29 is 8.42 Å². The Hall–Kier alpha value is -1.81. The van der Waals surface area contributed by atoms with Gasteiger partial charge >= 0.3 is 0 Å². The highest BCUT2D eigenvalue weighted by atomic mass is 32.2. The van der Waals surface area contributed by atoms with E-state index in [1.165, 1.54) is 0 Å². The van der Waals surface area contributed by atoms with Gasteiger partial charge in [-0.25, -0.2) is 8.42 Å². The van der Waals surface area contributed by atoms with Crippen LogP contribution in [0.1, 0.15) is 25.8 Å². The van der Waals surface area contributed by atoms with E-state index in [-0.39, 0.29) is 10.3 Å². The zero-order chi connectivity index (χ0) is 14.8. The van der Waals surface area contributed by atoms with Gasteiger partial charge in [-0.3, -0.25) is 4.72 Å². The van der Waals surface area contributed by atoms with Crippen LogP contribution >= 0.6 is 0 Å². The second kappa shape index (κ2) is 5.29. The number of nitrogens with one attached hydrogen (secondary N) is 1. The first kappa shape index (κ1) is 14.6. The molecule has 0 unspecified atom stereocenters. The molecule has 0 saturated heterocycles. The minimum atomic E-state index is -3.54. The Bertz CT molecular complexity index is 665. The van der Waals surface area contributed by atoms with Crippen LogP contribution in [0.2, 0.25) is 0 Å². The zero-order valence-electron chi connectivity index (χ0n) is 11.8. The molecule has 0 aliphatic heterocycles. The summed E-state index contributed by atoms with van der Waals surface area (Å²) in [5.74, 6) is 0. The number of sulfonamides is 1. The summed E-state index contributed by atoms with van der Waals surface area (Å²) in [6.45, 7) is 7.69. The molecule has 1 N–H and O–H groups in total. The van der Waals surface area contributed by atoms with E-state index in [4.69, 9.17) is 0 Å². The average molecular weight is 289 g/mol. The van der Waals surface area contributed by atoms with Gasteiger partial charge in [-0.05, 0) is 30.2 Å². The number of hydrogen-bond donors (Lipinski definition) is 1. The molecule has 3 nitrogen and oxygen atoms in total. The second-order valence-corrected chi connectivity index (χ2v) is 7.16. The molecule has 0 saturated carbocycles. The van der Waals surface area contributed by atoms with E-state index in [2.05, 4.69) is 11.3 Å². The Morgan fingerprint density at radius 1 is 1.25 bits per heavy atom. The van der Waals surface area contributed by atoms with Gasteiger partial charge in [-0.2, -0.15) is 0 Å². The Labute approximate surface area is 120 Å². The highest BCUT2D eigenvalue weighted by Crippen LogP contribution is 2.32. The number of benzene rings is 1. The van der Waals surface area contributed by atoms with Crippen molar-refractivity contribution in [3.05, 3.63) is 60.3 Å². The lowest BCUT2D eigenvalue weighted by molar-refractivity contribution is 0.430. The molecule has 1 aromatic carbocycles. The SMILES string of the molecule is C=Cc1ccc(S(=O)(=O)NC2=CC=CCC2(C)C)cc1. The van der Waals surface area contributed by atoms with Gasteiger partial charge in [0.05, 0.1) is 4.90 Å². The highest BCUT2D eigenvalue weighted by molar-refractivity contribution is 7.89. The van der Waals surface area contributed by atoms with Crippen LogP contribution in [0.25, 0.3) is 6.08 Å². The molecular weight excluding hydrogens is 270 g/mol. The van der Waals surface area contributed by atoms with Gasteiger partial charge in [0.1, 0.15) is 0 Å². The molecule has 0 aromatic heterocycles. The third kappa shape index (κ3) is 3.02. The van der Waals surface area contributed by atoms with Crippen LogP contribution in [0.4, 0.5) is 0 Å². The lowest BCUT2D eigenvalue weighted by atomic mass is 9.83. The molecule has 0 atom stereocenters. The van der Waals surface area contributed by atoms with Crippen molar-refractivity contribution in [2.75, 3.05) is 0 Å². The lowest BCUT2D eigenvalue weighted by Crippen LogP contribution is -2.32. The highest BCUT2D eigenvalue weighted by Gasteiger charge is 2.27. The van der Waals surface area contributed by atoms with E-state index >= 15 is 0 Å². The summed E-state index contributed by atoms with van der Waals surface area (Å²) in [5.41, 5.74) is 1.40. The van der Waals surface area contributed by atoms with Crippen molar-refractivity contribution in [1.82, 2.24) is 4.72 Å².